The second kappa shape index (κ2) is 6.46. The van der Waals surface area contributed by atoms with Crippen LogP contribution in [0.1, 0.15) is 27.2 Å². The molecule has 0 spiro atoms. The molecule has 0 amide bonds. The largest absolute Gasteiger partial charge is 0.315 e. The van der Waals surface area contributed by atoms with Gasteiger partial charge in [0.05, 0.1) is 0 Å². The Kier molecular flexibility index (Phi) is 5.58. The first-order chi connectivity index (χ1) is 7.15. The van der Waals surface area contributed by atoms with Crippen LogP contribution in [0.4, 0.5) is 0 Å². The highest BCUT2D eigenvalue weighted by Gasteiger charge is 2.23. The summed E-state index contributed by atoms with van der Waals surface area (Å²) in [5.74, 6) is 0. The van der Waals surface area contributed by atoms with Crippen LogP contribution in [0.3, 0.4) is 0 Å². The number of hydrogen-bond acceptors (Lipinski definition) is 3. The number of nitrogens with zero attached hydrogens (tertiary/aromatic N) is 2. The van der Waals surface area contributed by atoms with E-state index in [0.29, 0.717) is 12.1 Å². The zero-order valence-corrected chi connectivity index (χ0v) is 10.8. The van der Waals surface area contributed by atoms with Crippen molar-refractivity contribution in [1.82, 2.24) is 15.1 Å². The van der Waals surface area contributed by atoms with Crippen LogP contribution in [0.15, 0.2) is 0 Å². The average Bonchev–Trinajstić information content (AvgIpc) is 2.35. The fraction of sp³-hybridized carbons (Fsp3) is 1.00. The minimum absolute atomic E-state index is 0.659. The van der Waals surface area contributed by atoms with Crippen LogP contribution in [0, 0.1) is 0 Å². The first kappa shape index (κ1) is 12.9. The Labute approximate surface area is 94.8 Å². The summed E-state index contributed by atoms with van der Waals surface area (Å²) in [7, 11) is 2.23. The van der Waals surface area contributed by atoms with E-state index in [1.165, 1.54) is 26.1 Å². The van der Waals surface area contributed by atoms with E-state index in [4.69, 9.17) is 0 Å². The molecule has 0 saturated carbocycles. The third-order valence-electron chi connectivity index (χ3n) is 3.35. The van der Waals surface area contributed by atoms with Gasteiger partial charge in [0.1, 0.15) is 0 Å². The lowest BCUT2D eigenvalue weighted by Crippen LogP contribution is -2.47. The van der Waals surface area contributed by atoms with Crippen LogP contribution in [-0.4, -0.2) is 61.7 Å². The summed E-state index contributed by atoms with van der Waals surface area (Å²) in [5, 5.41) is 3.44. The standard InChI is InChI=1S/C12H27N3/c1-5-13-9-11(2)15-8-6-7-14(4)10-12(15)3/h11-13H,5-10H2,1-4H3. The molecule has 3 heteroatoms. The summed E-state index contributed by atoms with van der Waals surface area (Å²) < 4.78 is 0. The van der Waals surface area contributed by atoms with E-state index in [1.54, 1.807) is 0 Å². The molecule has 15 heavy (non-hydrogen) atoms. The first-order valence-corrected chi connectivity index (χ1v) is 6.30. The van der Waals surface area contributed by atoms with Gasteiger partial charge in [0.15, 0.2) is 0 Å². The zero-order chi connectivity index (χ0) is 11.3. The second-order valence-electron chi connectivity index (χ2n) is 4.86. The normalized spacial score (nSPS) is 27.6. The van der Waals surface area contributed by atoms with Crippen LogP contribution >= 0.6 is 0 Å². The van der Waals surface area contributed by atoms with E-state index in [9.17, 15) is 0 Å². The molecule has 0 aromatic heterocycles. The number of hydrogen-bond donors (Lipinski definition) is 1. The molecule has 0 radical (unpaired) electrons. The Morgan fingerprint density at radius 2 is 2.13 bits per heavy atom. The molecule has 1 heterocycles. The minimum Gasteiger partial charge on any atom is -0.315 e. The molecule has 1 fully saturated rings. The van der Waals surface area contributed by atoms with Crippen molar-refractivity contribution < 1.29 is 0 Å². The molecule has 2 unspecified atom stereocenters. The molecule has 1 aliphatic rings. The molecule has 2 atom stereocenters. The molecule has 1 rings (SSSR count). The highest BCUT2D eigenvalue weighted by atomic mass is 15.3. The van der Waals surface area contributed by atoms with Crippen molar-refractivity contribution in [2.24, 2.45) is 0 Å². The van der Waals surface area contributed by atoms with Crippen LogP contribution < -0.4 is 5.32 Å². The van der Waals surface area contributed by atoms with E-state index in [0.717, 1.165) is 13.1 Å². The predicted octanol–water partition coefficient (Wildman–Crippen LogP) is 1.01. The predicted molar refractivity (Wildman–Crippen MR) is 66.3 cm³/mol. The van der Waals surface area contributed by atoms with Gasteiger partial charge < -0.3 is 10.2 Å². The van der Waals surface area contributed by atoms with E-state index < -0.39 is 0 Å². The Balaban J connectivity index is 2.43. The Bertz CT molecular complexity index is 172. The lowest BCUT2D eigenvalue weighted by atomic mass is 10.2. The zero-order valence-electron chi connectivity index (χ0n) is 10.8. The molecule has 1 saturated heterocycles. The van der Waals surface area contributed by atoms with E-state index in [-0.39, 0.29) is 0 Å². The molecule has 90 valence electrons. The lowest BCUT2D eigenvalue weighted by molar-refractivity contribution is 0.150. The average molecular weight is 213 g/mol. The quantitative estimate of drug-likeness (QED) is 0.752. The molecule has 3 nitrogen and oxygen atoms in total. The van der Waals surface area contributed by atoms with Crippen molar-refractivity contribution in [2.75, 3.05) is 39.8 Å². The van der Waals surface area contributed by atoms with E-state index in [1.807, 2.05) is 0 Å². The Hall–Kier alpha value is -0.120. The molecular formula is C12H27N3. The number of likely N-dealkylation sites (N-methyl/N-ethyl adjacent to an activating group) is 2. The molecule has 0 aromatic rings. The van der Waals surface area contributed by atoms with Gasteiger partial charge in [-0.2, -0.15) is 0 Å². The van der Waals surface area contributed by atoms with Crippen molar-refractivity contribution in [3.05, 3.63) is 0 Å². The van der Waals surface area contributed by atoms with Gasteiger partial charge in [-0.25, -0.2) is 0 Å². The lowest BCUT2D eigenvalue weighted by Gasteiger charge is -2.33. The van der Waals surface area contributed by atoms with Crippen LogP contribution in [0.5, 0.6) is 0 Å². The number of rotatable bonds is 4. The summed E-state index contributed by atoms with van der Waals surface area (Å²) in [5.41, 5.74) is 0. The van der Waals surface area contributed by atoms with Crippen LogP contribution in [-0.2, 0) is 0 Å². The fourth-order valence-corrected chi connectivity index (χ4v) is 2.52. The van der Waals surface area contributed by atoms with Crippen molar-refractivity contribution in [3.8, 4) is 0 Å². The first-order valence-electron chi connectivity index (χ1n) is 6.30. The van der Waals surface area contributed by atoms with Gasteiger partial charge in [-0.15, -0.1) is 0 Å². The van der Waals surface area contributed by atoms with Crippen LogP contribution in [0.2, 0.25) is 0 Å². The van der Waals surface area contributed by atoms with Gasteiger partial charge in [0.25, 0.3) is 0 Å². The molecule has 0 aliphatic carbocycles. The van der Waals surface area contributed by atoms with Crippen molar-refractivity contribution >= 4 is 0 Å². The number of nitrogens with one attached hydrogen (secondary N) is 1. The maximum Gasteiger partial charge on any atom is 0.0198 e. The summed E-state index contributed by atoms with van der Waals surface area (Å²) >= 11 is 0. The maximum atomic E-state index is 3.44. The van der Waals surface area contributed by atoms with Gasteiger partial charge in [-0.1, -0.05) is 6.92 Å². The molecule has 0 aromatic carbocycles. The summed E-state index contributed by atoms with van der Waals surface area (Å²) in [4.78, 5) is 5.09. The smallest absolute Gasteiger partial charge is 0.0198 e. The highest BCUT2D eigenvalue weighted by Crippen LogP contribution is 2.11. The van der Waals surface area contributed by atoms with Gasteiger partial charge in [0, 0.05) is 31.7 Å². The molecule has 0 bridgehead atoms. The summed E-state index contributed by atoms with van der Waals surface area (Å²) in [6, 6.07) is 1.35. The molecule has 1 aliphatic heterocycles. The Morgan fingerprint density at radius 3 is 2.80 bits per heavy atom. The van der Waals surface area contributed by atoms with Gasteiger partial charge >= 0.3 is 0 Å². The molecule has 1 N–H and O–H groups in total. The summed E-state index contributed by atoms with van der Waals surface area (Å²) in [6.45, 7) is 12.8. The minimum atomic E-state index is 0.659. The highest BCUT2D eigenvalue weighted by molar-refractivity contribution is 4.80. The fourth-order valence-electron chi connectivity index (χ4n) is 2.52. The third kappa shape index (κ3) is 4.09. The Morgan fingerprint density at radius 1 is 1.40 bits per heavy atom. The van der Waals surface area contributed by atoms with Crippen molar-refractivity contribution in [3.63, 3.8) is 0 Å². The van der Waals surface area contributed by atoms with Gasteiger partial charge in [0.2, 0.25) is 0 Å². The molecular weight excluding hydrogens is 186 g/mol. The SMILES string of the molecule is CCNCC(C)N1CCCN(C)CC1C. The summed E-state index contributed by atoms with van der Waals surface area (Å²) in [6.07, 6.45) is 1.30. The second-order valence-corrected chi connectivity index (χ2v) is 4.86. The van der Waals surface area contributed by atoms with Crippen molar-refractivity contribution in [1.29, 1.82) is 0 Å². The third-order valence-corrected chi connectivity index (χ3v) is 3.35. The monoisotopic (exact) mass is 213 g/mol. The van der Waals surface area contributed by atoms with E-state index >= 15 is 0 Å². The van der Waals surface area contributed by atoms with Crippen LogP contribution in [0.25, 0.3) is 0 Å². The topological polar surface area (TPSA) is 18.5 Å². The van der Waals surface area contributed by atoms with Crippen molar-refractivity contribution in [2.45, 2.75) is 39.3 Å². The van der Waals surface area contributed by atoms with E-state index in [2.05, 4.69) is 42.9 Å². The maximum absolute atomic E-state index is 3.44. The van der Waals surface area contributed by atoms with Gasteiger partial charge in [-0.05, 0) is 40.4 Å². The van der Waals surface area contributed by atoms with Gasteiger partial charge in [-0.3, -0.25) is 4.90 Å².